The fourth-order valence-electron chi connectivity index (χ4n) is 1.24. The Hall–Kier alpha value is -1.34. The fraction of sp³-hybridized carbons (Fsp3) is 0.556. The van der Waals surface area contributed by atoms with Gasteiger partial charge in [-0.15, -0.1) is 0 Å². The molecular weight excluding hydrogens is 226 g/mol. The van der Waals surface area contributed by atoms with E-state index in [0.717, 1.165) is 18.1 Å². The lowest BCUT2D eigenvalue weighted by molar-refractivity contribution is 0.100. The van der Waals surface area contributed by atoms with Crippen LogP contribution in [0.5, 0.6) is 0 Å². The van der Waals surface area contributed by atoms with Crippen molar-refractivity contribution in [2.75, 3.05) is 44.9 Å². The summed E-state index contributed by atoms with van der Waals surface area (Å²) in [6.07, 6.45) is 0. The highest BCUT2D eigenvalue weighted by molar-refractivity contribution is 7.11. The van der Waals surface area contributed by atoms with E-state index in [2.05, 4.69) is 9.27 Å². The first-order valence-electron chi connectivity index (χ1n) is 4.84. The minimum atomic E-state index is -0.530. The van der Waals surface area contributed by atoms with Crippen LogP contribution in [0.15, 0.2) is 0 Å². The van der Waals surface area contributed by atoms with Crippen molar-refractivity contribution in [3.8, 4) is 0 Å². The third-order valence-corrected chi connectivity index (χ3v) is 3.15. The molecule has 0 aliphatic rings. The lowest BCUT2D eigenvalue weighted by Crippen LogP contribution is -2.29. The molecule has 0 spiro atoms. The van der Waals surface area contributed by atoms with Crippen LogP contribution in [0.25, 0.3) is 0 Å². The van der Waals surface area contributed by atoms with E-state index < -0.39 is 5.91 Å². The van der Waals surface area contributed by atoms with Crippen molar-refractivity contribution in [3.05, 3.63) is 5.56 Å². The number of carbonyl (C=O) groups excluding carboxylic acids is 1. The van der Waals surface area contributed by atoms with Gasteiger partial charge in [0.2, 0.25) is 0 Å². The van der Waals surface area contributed by atoms with Gasteiger partial charge < -0.3 is 21.3 Å². The van der Waals surface area contributed by atoms with E-state index in [1.807, 2.05) is 26.0 Å². The molecule has 1 aromatic rings. The molecule has 0 atom stereocenters. The smallest absolute Gasteiger partial charge is 0.255 e. The molecule has 1 heterocycles. The second-order valence-electron chi connectivity index (χ2n) is 3.84. The molecule has 7 heteroatoms. The van der Waals surface area contributed by atoms with Crippen molar-refractivity contribution in [2.45, 2.75) is 0 Å². The van der Waals surface area contributed by atoms with Crippen LogP contribution < -0.4 is 16.4 Å². The summed E-state index contributed by atoms with van der Waals surface area (Å²) in [6.45, 7) is 1.67. The third-order valence-electron chi connectivity index (χ3n) is 2.18. The highest BCUT2D eigenvalue weighted by Crippen LogP contribution is 2.28. The number of aromatic nitrogens is 1. The maximum atomic E-state index is 11.2. The number of primary amides is 1. The molecule has 0 saturated carbocycles. The number of hydrogen-bond acceptors (Lipinski definition) is 6. The van der Waals surface area contributed by atoms with Crippen LogP contribution in [-0.4, -0.2) is 49.4 Å². The van der Waals surface area contributed by atoms with Gasteiger partial charge in [-0.1, -0.05) is 0 Å². The van der Waals surface area contributed by atoms with E-state index in [1.165, 1.54) is 11.5 Å². The Morgan fingerprint density at radius 2 is 2.00 bits per heavy atom. The molecule has 6 nitrogen and oxygen atoms in total. The van der Waals surface area contributed by atoms with Crippen molar-refractivity contribution in [1.82, 2.24) is 9.27 Å². The first-order chi connectivity index (χ1) is 7.43. The van der Waals surface area contributed by atoms with Gasteiger partial charge in [-0.2, -0.15) is 4.37 Å². The molecule has 0 bridgehead atoms. The predicted molar refractivity (Wildman–Crippen MR) is 66.9 cm³/mol. The number of likely N-dealkylation sites (N-methyl/N-ethyl adjacent to an activating group) is 2. The zero-order valence-electron chi connectivity index (χ0n) is 9.73. The number of anilines is 2. The van der Waals surface area contributed by atoms with Gasteiger partial charge >= 0.3 is 0 Å². The Morgan fingerprint density at radius 3 is 2.50 bits per heavy atom. The van der Waals surface area contributed by atoms with Crippen LogP contribution in [0.1, 0.15) is 10.4 Å². The van der Waals surface area contributed by atoms with Crippen molar-refractivity contribution in [3.63, 3.8) is 0 Å². The molecular formula is C9H17N5OS. The highest BCUT2D eigenvalue weighted by atomic mass is 32.1. The van der Waals surface area contributed by atoms with Crippen LogP contribution in [-0.2, 0) is 0 Å². The monoisotopic (exact) mass is 243 g/mol. The normalized spacial score (nSPS) is 10.8. The lowest BCUT2D eigenvalue weighted by atomic mass is 10.3. The van der Waals surface area contributed by atoms with E-state index in [-0.39, 0.29) is 5.82 Å². The van der Waals surface area contributed by atoms with Crippen LogP contribution in [0.3, 0.4) is 0 Å². The van der Waals surface area contributed by atoms with Crippen LogP contribution >= 0.6 is 11.5 Å². The molecule has 1 amide bonds. The second kappa shape index (κ2) is 5.13. The SMILES string of the molecule is CN(C)CCN(C)c1snc(N)c1C(N)=O. The van der Waals surface area contributed by atoms with Gasteiger partial charge in [0.25, 0.3) is 5.91 Å². The summed E-state index contributed by atoms with van der Waals surface area (Å²) in [7, 11) is 5.87. The predicted octanol–water partition coefficient (Wildman–Crippen LogP) is -0.178. The van der Waals surface area contributed by atoms with E-state index in [1.54, 1.807) is 0 Å². The van der Waals surface area contributed by atoms with Gasteiger partial charge in [-0.25, -0.2) is 0 Å². The molecule has 16 heavy (non-hydrogen) atoms. The molecule has 0 aromatic carbocycles. The highest BCUT2D eigenvalue weighted by Gasteiger charge is 2.19. The molecule has 1 aromatic heterocycles. The Labute approximate surface area is 99.0 Å². The quantitative estimate of drug-likeness (QED) is 0.749. The summed E-state index contributed by atoms with van der Waals surface area (Å²) >= 11 is 1.20. The van der Waals surface area contributed by atoms with Gasteiger partial charge in [0.1, 0.15) is 10.6 Å². The van der Waals surface area contributed by atoms with E-state index in [9.17, 15) is 4.79 Å². The largest absolute Gasteiger partial charge is 0.382 e. The van der Waals surface area contributed by atoms with Gasteiger partial charge in [-0.3, -0.25) is 4.79 Å². The van der Waals surface area contributed by atoms with Crippen LogP contribution in [0.2, 0.25) is 0 Å². The molecule has 0 unspecified atom stereocenters. The van der Waals surface area contributed by atoms with E-state index in [0.29, 0.717) is 5.56 Å². The minimum Gasteiger partial charge on any atom is -0.382 e. The van der Waals surface area contributed by atoms with Crippen molar-refractivity contribution in [2.24, 2.45) is 5.73 Å². The lowest BCUT2D eigenvalue weighted by Gasteiger charge is -2.20. The molecule has 0 aliphatic heterocycles. The summed E-state index contributed by atoms with van der Waals surface area (Å²) in [5.74, 6) is -0.317. The Balaban J connectivity index is 2.83. The number of nitrogen functional groups attached to an aromatic ring is 1. The molecule has 90 valence electrons. The zero-order valence-corrected chi connectivity index (χ0v) is 10.5. The van der Waals surface area contributed by atoms with Crippen molar-refractivity contribution < 1.29 is 4.79 Å². The standard InChI is InChI=1S/C9H17N5OS/c1-13(2)4-5-14(3)9-6(8(11)15)7(10)12-16-9/h4-5H2,1-3H3,(H2,10,12)(H2,11,15). The number of hydrogen-bond donors (Lipinski definition) is 2. The fourth-order valence-corrected chi connectivity index (χ4v) is 2.04. The number of amides is 1. The number of carbonyl (C=O) groups is 1. The molecule has 0 saturated heterocycles. The van der Waals surface area contributed by atoms with Crippen LogP contribution in [0.4, 0.5) is 10.8 Å². The van der Waals surface area contributed by atoms with Gasteiger partial charge in [0, 0.05) is 20.1 Å². The first kappa shape index (κ1) is 12.7. The van der Waals surface area contributed by atoms with E-state index in [4.69, 9.17) is 11.5 Å². The van der Waals surface area contributed by atoms with Crippen molar-refractivity contribution in [1.29, 1.82) is 0 Å². The summed E-state index contributed by atoms with van der Waals surface area (Å²) in [5, 5.41) is 0.729. The average Bonchev–Trinajstić information content (AvgIpc) is 2.56. The number of nitrogens with two attached hydrogens (primary N) is 2. The van der Waals surface area contributed by atoms with E-state index >= 15 is 0 Å². The van der Waals surface area contributed by atoms with Crippen molar-refractivity contribution >= 4 is 28.3 Å². The number of rotatable bonds is 5. The summed E-state index contributed by atoms with van der Waals surface area (Å²) in [5.41, 5.74) is 11.2. The number of nitrogens with zero attached hydrogens (tertiary/aromatic N) is 3. The van der Waals surface area contributed by atoms with Gasteiger partial charge in [-0.05, 0) is 25.6 Å². The molecule has 4 N–H and O–H groups in total. The molecule has 0 radical (unpaired) electrons. The minimum absolute atomic E-state index is 0.212. The van der Waals surface area contributed by atoms with Crippen LogP contribution in [0, 0.1) is 0 Å². The first-order valence-corrected chi connectivity index (χ1v) is 5.61. The van der Waals surface area contributed by atoms with Gasteiger partial charge in [0.05, 0.1) is 0 Å². The summed E-state index contributed by atoms with van der Waals surface area (Å²) in [6, 6.07) is 0. The molecule has 0 fully saturated rings. The van der Waals surface area contributed by atoms with Gasteiger partial charge in [0.15, 0.2) is 5.82 Å². The summed E-state index contributed by atoms with van der Waals surface area (Å²) < 4.78 is 3.95. The Bertz CT molecular complexity index is 376. The summed E-state index contributed by atoms with van der Waals surface area (Å²) in [4.78, 5) is 15.2. The Morgan fingerprint density at radius 1 is 1.38 bits per heavy atom. The Kier molecular flexibility index (Phi) is 4.08. The maximum absolute atomic E-state index is 11.2. The molecule has 1 rings (SSSR count). The second-order valence-corrected chi connectivity index (χ2v) is 4.59. The maximum Gasteiger partial charge on any atom is 0.255 e. The average molecular weight is 243 g/mol. The third kappa shape index (κ3) is 2.83. The topological polar surface area (TPSA) is 88.5 Å². The molecule has 0 aliphatic carbocycles. The zero-order chi connectivity index (χ0) is 12.3.